The predicted molar refractivity (Wildman–Crippen MR) is 130 cm³/mol. The Kier molecular flexibility index (Phi) is 6.85. The SMILES string of the molecule is CCC(COC)(NC(=O)OCC1c2ccccc2-c2ccccc21)C(=O)N1CCC(C)(C(=O)O)C1. The summed E-state index contributed by atoms with van der Waals surface area (Å²) in [4.78, 5) is 39.6. The van der Waals surface area contributed by atoms with Crippen LogP contribution >= 0.6 is 0 Å². The Morgan fingerprint density at radius 3 is 2.23 bits per heavy atom. The van der Waals surface area contributed by atoms with E-state index in [0.29, 0.717) is 13.0 Å². The number of alkyl carbamates (subject to hydrolysis) is 1. The van der Waals surface area contributed by atoms with Crippen molar-refractivity contribution in [2.24, 2.45) is 5.41 Å². The van der Waals surface area contributed by atoms with Gasteiger partial charge in [0.05, 0.1) is 12.0 Å². The zero-order valence-corrected chi connectivity index (χ0v) is 20.4. The largest absolute Gasteiger partial charge is 0.481 e. The van der Waals surface area contributed by atoms with Crippen molar-refractivity contribution in [2.45, 2.75) is 38.1 Å². The molecule has 1 aliphatic heterocycles. The number of ether oxygens (including phenoxy) is 2. The van der Waals surface area contributed by atoms with Crippen molar-refractivity contribution in [3.05, 3.63) is 59.7 Å². The first kappa shape index (κ1) is 24.7. The minimum absolute atomic E-state index is 0.0488. The zero-order chi connectivity index (χ0) is 25.2. The zero-order valence-electron chi connectivity index (χ0n) is 20.4. The molecular formula is C27H32N2O6. The number of aliphatic carboxylic acids is 1. The first-order chi connectivity index (χ1) is 16.7. The molecule has 8 nitrogen and oxygen atoms in total. The summed E-state index contributed by atoms with van der Waals surface area (Å²) in [6.45, 7) is 3.88. The average molecular weight is 481 g/mol. The van der Waals surface area contributed by atoms with Gasteiger partial charge in [-0.05, 0) is 42.0 Å². The van der Waals surface area contributed by atoms with E-state index in [4.69, 9.17) is 9.47 Å². The van der Waals surface area contributed by atoms with E-state index in [1.54, 1.807) is 13.8 Å². The molecule has 2 aliphatic rings. The maximum absolute atomic E-state index is 13.5. The Morgan fingerprint density at radius 2 is 1.71 bits per heavy atom. The number of nitrogens with zero attached hydrogens (tertiary/aromatic N) is 1. The first-order valence-electron chi connectivity index (χ1n) is 11.9. The molecule has 2 amide bonds. The molecule has 1 saturated heterocycles. The van der Waals surface area contributed by atoms with E-state index in [9.17, 15) is 19.5 Å². The third-order valence-electron chi connectivity index (χ3n) is 7.37. The second-order valence-corrected chi connectivity index (χ2v) is 9.66. The lowest BCUT2D eigenvalue weighted by molar-refractivity contribution is -0.148. The van der Waals surface area contributed by atoms with Crippen molar-refractivity contribution in [2.75, 3.05) is 33.4 Å². The summed E-state index contributed by atoms with van der Waals surface area (Å²) in [5, 5.41) is 12.3. The van der Waals surface area contributed by atoms with Crippen LogP contribution in [0.25, 0.3) is 11.1 Å². The number of rotatable bonds is 8. The normalized spacial score (nSPS) is 20.6. The van der Waals surface area contributed by atoms with Gasteiger partial charge in [-0.1, -0.05) is 55.5 Å². The molecule has 186 valence electrons. The molecule has 4 rings (SSSR count). The number of hydrogen-bond acceptors (Lipinski definition) is 5. The first-order valence-corrected chi connectivity index (χ1v) is 11.9. The van der Waals surface area contributed by atoms with Crippen LogP contribution in [0.2, 0.25) is 0 Å². The molecule has 0 aromatic heterocycles. The van der Waals surface area contributed by atoms with Crippen LogP contribution in [0.1, 0.15) is 43.7 Å². The predicted octanol–water partition coefficient (Wildman–Crippen LogP) is 3.64. The van der Waals surface area contributed by atoms with Crippen LogP contribution in [0.15, 0.2) is 48.5 Å². The van der Waals surface area contributed by atoms with Crippen molar-refractivity contribution < 1.29 is 29.0 Å². The minimum Gasteiger partial charge on any atom is -0.481 e. The van der Waals surface area contributed by atoms with Crippen molar-refractivity contribution in [3.8, 4) is 11.1 Å². The Hall–Kier alpha value is -3.39. The van der Waals surface area contributed by atoms with Crippen molar-refractivity contribution >= 4 is 18.0 Å². The molecule has 8 heteroatoms. The molecule has 2 aromatic carbocycles. The van der Waals surface area contributed by atoms with Crippen LogP contribution in [0.5, 0.6) is 0 Å². The van der Waals surface area contributed by atoms with Crippen molar-refractivity contribution in [1.29, 1.82) is 0 Å². The molecule has 1 heterocycles. The highest BCUT2D eigenvalue weighted by Gasteiger charge is 2.48. The van der Waals surface area contributed by atoms with Gasteiger partial charge in [-0.3, -0.25) is 9.59 Å². The second kappa shape index (κ2) is 9.70. The molecule has 1 aliphatic carbocycles. The van der Waals surface area contributed by atoms with Gasteiger partial charge in [0.1, 0.15) is 12.1 Å². The maximum atomic E-state index is 13.5. The molecule has 0 radical (unpaired) electrons. The quantitative estimate of drug-likeness (QED) is 0.598. The summed E-state index contributed by atoms with van der Waals surface area (Å²) in [6, 6.07) is 16.1. The number of carboxylic acid groups (broad SMARTS) is 1. The highest BCUT2D eigenvalue weighted by atomic mass is 16.5. The molecule has 35 heavy (non-hydrogen) atoms. The molecular weight excluding hydrogens is 448 g/mol. The van der Waals surface area contributed by atoms with Gasteiger partial charge in [-0.2, -0.15) is 0 Å². The topological polar surface area (TPSA) is 105 Å². The number of amides is 2. The van der Waals surface area contributed by atoms with E-state index in [1.165, 1.54) is 12.0 Å². The van der Waals surface area contributed by atoms with E-state index in [2.05, 4.69) is 17.4 Å². The third kappa shape index (κ3) is 4.50. The summed E-state index contributed by atoms with van der Waals surface area (Å²) in [6.07, 6.45) is -0.0880. The minimum atomic E-state index is -1.35. The summed E-state index contributed by atoms with van der Waals surface area (Å²) in [7, 11) is 1.46. The molecule has 1 fully saturated rings. The van der Waals surface area contributed by atoms with Gasteiger partial charge < -0.3 is 24.8 Å². The summed E-state index contributed by atoms with van der Waals surface area (Å²) < 4.78 is 11.0. The van der Waals surface area contributed by atoms with Gasteiger partial charge in [-0.15, -0.1) is 0 Å². The van der Waals surface area contributed by atoms with Gasteiger partial charge in [-0.25, -0.2) is 4.79 Å². The summed E-state index contributed by atoms with van der Waals surface area (Å²) in [5.41, 5.74) is 2.10. The van der Waals surface area contributed by atoms with E-state index in [0.717, 1.165) is 22.3 Å². The fourth-order valence-electron chi connectivity index (χ4n) is 5.18. The molecule has 2 aromatic rings. The highest BCUT2D eigenvalue weighted by Crippen LogP contribution is 2.44. The van der Waals surface area contributed by atoms with E-state index >= 15 is 0 Å². The number of nitrogens with one attached hydrogen (secondary N) is 1. The second-order valence-electron chi connectivity index (χ2n) is 9.66. The lowest BCUT2D eigenvalue weighted by atomic mass is 9.90. The van der Waals surface area contributed by atoms with Gasteiger partial charge in [0, 0.05) is 26.1 Å². The van der Waals surface area contributed by atoms with Crippen LogP contribution in [-0.4, -0.2) is 66.9 Å². The molecule has 0 saturated carbocycles. The van der Waals surface area contributed by atoms with E-state index in [-0.39, 0.29) is 38.0 Å². The molecule has 2 N–H and O–H groups in total. The average Bonchev–Trinajstić information content (AvgIpc) is 3.41. The molecule has 2 unspecified atom stereocenters. The van der Waals surface area contributed by atoms with Crippen LogP contribution < -0.4 is 5.32 Å². The maximum Gasteiger partial charge on any atom is 0.408 e. The lowest BCUT2D eigenvalue weighted by Crippen LogP contribution is -2.62. The Labute approximate surface area is 205 Å². The summed E-state index contributed by atoms with van der Waals surface area (Å²) in [5.74, 6) is -1.40. The fraction of sp³-hybridized carbons (Fsp3) is 0.444. The van der Waals surface area contributed by atoms with Gasteiger partial charge in [0.15, 0.2) is 0 Å². The van der Waals surface area contributed by atoms with E-state index in [1.807, 2.05) is 36.4 Å². The summed E-state index contributed by atoms with van der Waals surface area (Å²) >= 11 is 0. The van der Waals surface area contributed by atoms with Crippen LogP contribution in [-0.2, 0) is 19.1 Å². The Morgan fingerprint density at radius 1 is 1.11 bits per heavy atom. The molecule has 0 spiro atoms. The third-order valence-corrected chi connectivity index (χ3v) is 7.37. The fourth-order valence-corrected chi connectivity index (χ4v) is 5.18. The van der Waals surface area contributed by atoms with Gasteiger partial charge in [0.25, 0.3) is 5.91 Å². The number of carboxylic acids is 1. The van der Waals surface area contributed by atoms with Gasteiger partial charge >= 0.3 is 12.1 Å². The Balaban J connectivity index is 1.48. The standard InChI is InChI=1S/C27H32N2O6/c1-4-27(17-34-3,23(30)29-14-13-26(2,16-29)24(31)32)28-25(33)35-15-22-20-11-7-5-9-18(20)19-10-6-8-12-21(19)22/h5-12,22H,4,13-17H2,1-3H3,(H,28,33)(H,31,32). The van der Waals surface area contributed by atoms with Crippen LogP contribution in [0.3, 0.4) is 0 Å². The monoisotopic (exact) mass is 480 g/mol. The number of methoxy groups -OCH3 is 1. The lowest BCUT2D eigenvalue weighted by Gasteiger charge is -2.35. The van der Waals surface area contributed by atoms with Gasteiger partial charge in [0.2, 0.25) is 0 Å². The smallest absolute Gasteiger partial charge is 0.408 e. The number of benzene rings is 2. The highest BCUT2D eigenvalue weighted by molar-refractivity contribution is 5.91. The van der Waals surface area contributed by atoms with Crippen LogP contribution in [0.4, 0.5) is 4.79 Å². The number of likely N-dealkylation sites (tertiary alicyclic amines) is 1. The van der Waals surface area contributed by atoms with Crippen molar-refractivity contribution in [1.82, 2.24) is 10.2 Å². The number of fused-ring (bicyclic) bond motifs is 3. The number of carbonyl (C=O) groups excluding carboxylic acids is 2. The van der Waals surface area contributed by atoms with Crippen LogP contribution in [0, 0.1) is 5.41 Å². The molecule has 0 bridgehead atoms. The van der Waals surface area contributed by atoms with Crippen molar-refractivity contribution in [3.63, 3.8) is 0 Å². The Bertz CT molecular complexity index is 1090. The number of hydrogen-bond donors (Lipinski definition) is 2. The van der Waals surface area contributed by atoms with E-state index < -0.39 is 23.0 Å². The number of carbonyl (C=O) groups is 3. The molecule has 2 atom stereocenters.